The molecule has 2 nitrogen and oxygen atoms in total. The molecule has 0 saturated carbocycles. The Hall–Kier alpha value is -0.0800. The SMILES string of the molecule is CCC(C)(C)OC(C)CCN. The molecule has 0 rings (SSSR count). The van der Waals surface area contributed by atoms with Crippen LogP contribution < -0.4 is 5.73 Å². The van der Waals surface area contributed by atoms with Gasteiger partial charge in [0.1, 0.15) is 0 Å². The highest BCUT2D eigenvalue weighted by atomic mass is 16.5. The van der Waals surface area contributed by atoms with Gasteiger partial charge in [-0.2, -0.15) is 0 Å². The summed E-state index contributed by atoms with van der Waals surface area (Å²) in [6, 6.07) is 0. The molecule has 2 heteroatoms. The van der Waals surface area contributed by atoms with Gasteiger partial charge in [0.25, 0.3) is 0 Å². The maximum atomic E-state index is 5.75. The Labute approximate surface area is 70.1 Å². The van der Waals surface area contributed by atoms with E-state index in [0.717, 1.165) is 12.8 Å². The molecule has 1 atom stereocenters. The fourth-order valence-corrected chi connectivity index (χ4v) is 0.922. The van der Waals surface area contributed by atoms with Gasteiger partial charge >= 0.3 is 0 Å². The van der Waals surface area contributed by atoms with Crippen LogP contribution in [0.25, 0.3) is 0 Å². The van der Waals surface area contributed by atoms with Gasteiger partial charge in [0.2, 0.25) is 0 Å². The van der Waals surface area contributed by atoms with Crippen LogP contribution in [0, 0.1) is 0 Å². The number of hydrogen-bond donors (Lipinski definition) is 1. The Balaban J connectivity index is 3.64. The van der Waals surface area contributed by atoms with Gasteiger partial charge in [0.05, 0.1) is 11.7 Å². The van der Waals surface area contributed by atoms with Crippen molar-refractivity contribution in [2.24, 2.45) is 5.73 Å². The van der Waals surface area contributed by atoms with Crippen LogP contribution in [0.3, 0.4) is 0 Å². The molecule has 0 aliphatic heterocycles. The summed E-state index contributed by atoms with van der Waals surface area (Å²) in [5.41, 5.74) is 5.42. The van der Waals surface area contributed by atoms with Crippen molar-refractivity contribution in [2.75, 3.05) is 6.54 Å². The second-order valence-corrected chi connectivity index (χ2v) is 3.62. The molecule has 0 aliphatic carbocycles. The fraction of sp³-hybridized carbons (Fsp3) is 1.00. The van der Waals surface area contributed by atoms with Gasteiger partial charge < -0.3 is 10.5 Å². The van der Waals surface area contributed by atoms with Crippen molar-refractivity contribution in [3.05, 3.63) is 0 Å². The summed E-state index contributed by atoms with van der Waals surface area (Å²) in [4.78, 5) is 0. The van der Waals surface area contributed by atoms with E-state index in [1.165, 1.54) is 0 Å². The zero-order valence-corrected chi connectivity index (χ0v) is 8.18. The highest BCUT2D eigenvalue weighted by molar-refractivity contribution is 4.67. The molecular weight excluding hydrogens is 138 g/mol. The lowest BCUT2D eigenvalue weighted by atomic mass is 10.1. The van der Waals surface area contributed by atoms with Crippen LogP contribution >= 0.6 is 0 Å². The number of rotatable bonds is 5. The van der Waals surface area contributed by atoms with Gasteiger partial charge in [-0.25, -0.2) is 0 Å². The lowest BCUT2D eigenvalue weighted by Crippen LogP contribution is -2.29. The fourth-order valence-electron chi connectivity index (χ4n) is 0.922. The van der Waals surface area contributed by atoms with Crippen molar-refractivity contribution in [3.63, 3.8) is 0 Å². The maximum absolute atomic E-state index is 5.75. The molecule has 0 bridgehead atoms. The largest absolute Gasteiger partial charge is 0.373 e. The van der Waals surface area contributed by atoms with Crippen LogP contribution in [0.15, 0.2) is 0 Å². The summed E-state index contributed by atoms with van der Waals surface area (Å²) >= 11 is 0. The van der Waals surface area contributed by atoms with E-state index in [-0.39, 0.29) is 11.7 Å². The zero-order chi connectivity index (χ0) is 8.91. The van der Waals surface area contributed by atoms with Crippen LogP contribution in [0.5, 0.6) is 0 Å². The molecule has 0 heterocycles. The zero-order valence-electron chi connectivity index (χ0n) is 8.18. The van der Waals surface area contributed by atoms with Crippen LogP contribution in [0.2, 0.25) is 0 Å². The van der Waals surface area contributed by atoms with Crippen molar-refractivity contribution >= 4 is 0 Å². The first-order valence-electron chi connectivity index (χ1n) is 4.39. The third kappa shape index (κ3) is 5.22. The van der Waals surface area contributed by atoms with Gasteiger partial charge in [0.15, 0.2) is 0 Å². The van der Waals surface area contributed by atoms with Crippen molar-refractivity contribution in [1.82, 2.24) is 0 Å². The Bertz CT molecular complexity index is 102. The monoisotopic (exact) mass is 159 g/mol. The summed E-state index contributed by atoms with van der Waals surface area (Å²) < 4.78 is 5.75. The smallest absolute Gasteiger partial charge is 0.0627 e. The molecule has 0 aromatic rings. The maximum Gasteiger partial charge on any atom is 0.0627 e. The molecule has 0 fully saturated rings. The summed E-state index contributed by atoms with van der Waals surface area (Å²) in [6.45, 7) is 9.14. The standard InChI is InChI=1S/C9H21NO/c1-5-9(3,4)11-8(2)6-7-10/h8H,5-7,10H2,1-4H3. The first-order valence-corrected chi connectivity index (χ1v) is 4.39. The highest BCUT2D eigenvalue weighted by Crippen LogP contribution is 2.16. The Morgan fingerprint density at radius 1 is 1.45 bits per heavy atom. The number of ether oxygens (including phenoxy) is 1. The minimum atomic E-state index is 0.00852. The second kappa shape index (κ2) is 4.73. The summed E-state index contributed by atoms with van der Waals surface area (Å²) in [7, 11) is 0. The van der Waals surface area contributed by atoms with Gasteiger partial charge in [-0.15, -0.1) is 0 Å². The van der Waals surface area contributed by atoms with Gasteiger partial charge in [-0.1, -0.05) is 6.92 Å². The van der Waals surface area contributed by atoms with Crippen LogP contribution in [0.1, 0.15) is 40.5 Å². The lowest BCUT2D eigenvalue weighted by molar-refractivity contribution is -0.0671. The normalized spacial score (nSPS) is 15.0. The highest BCUT2D eigenvalue weighted by Gasteiger charge is 2.18. The van der Waals surface area contributed by atoms with Gasteiger partial charge in [-0.3, -0.25) is 0 Å². The molecule has 0 radical (unpaired) electrons. The van der Waals surface area contributed by atoms with E-state index in [1.54, 1.807) is 0 Å². The Morgan fingerprint density at radius 3 is 2.36 bits per heavy atom. The van der Waals surface area contributed by atoms with Crippen LogP contribution in [0.4, 0.5) is 0 Å². The van der Waals surface area contributed by atoms with E-state index < -0.39 is 0 Å². The van der Waals surface area contributed by atoms with E-state index in [2.05, 4.69) is 27.7 Å². The van der Waals surface area contributed by atoms with Crippen molar-refractivity contribution in [3.8, 4) is 0 Å². The summed E-state index contributed by atoms with van der Waals surface area (Å²) in [6.07, 6.45) is 2.28. The first-order chi connectivity index (χ1) is 5.02. The van der Waals surface area contributed by atoms with Gasteiger partial charge in [-0.05, 0) is 40.2 Å². The predicted molar refractivity (Wildman–Crippen MR) is 48.6 cm³/mol. The molecule has 0 aromatic carbocycles. The van der Waals surface area contributed by atoms with E-state index in [4.69, 9.17) is 10.5 Å². The predicted octanol–water partition coefficient (Wildman–Crippen LogP) is 1.93. The second-order valence-electron chi connectivity index (χ2n) is 3.62. The third-order valence-corrected chi connectivity index (χ3v) is 1.94. The lowest BCUT2D eigenvalue weighted by Gasteiger charge is -2.27. The quantitative estimate of drug-likeness (QED) is 0.665. The van der Waals surface area contributed by atoms with E-state index >= 15 is 0 Å². The molecule has 68 valence electrons. The van der Waals surface area contributed by atoms with E-state index in [1.807, 2.05) is 0 Å². The average molecular weight is 159 g/mol. The average Bonchev–Trinajstić information content (AvgIpc) is 1.87. The molecule has 0 saturated heterocycles. The van der Waals surface area contributed by atoms with E-state index in [9.17, 15) is 0 Å². The third-order valence-electron chi connectivity index (χ3n) is 1.94. The molecule has 11 heavy (non-hydrogen) atoms. The molecular formula is C9H21NO. The van der Waals surface area contributed by atoms with Crippen molar-refractivity contribution in [1.29, 1.82) is 0 Å². The molecule has 2 N–H and O–H groups in total. The molecule has 0 aliphatic rings. The molecule has 0 aromatic heterocycles. The number of hydrogen-bond acceptors (Lipinski definition) is 2. The minimum absolute atomic E-state index is 0.00852. The minimum Gasteiger partial charge on any atom is -0.373 e. The first kappa shape index (κ1) is 10.9. The molecule has 1 unspecified atom stereocenters. The Kier molecular flexibility index (Phi) is 4.69. The topological polar surface area (TPSA) is 35.2 Å². The molecule has 0 amide bonds. The van der Waals surface area contributed by atoms with Crippen LogP contribution in [-0.2, 0) is 4.74 Å². The molecule has 0 spiro atoms. The van der Waals surface area contributed by atoms with Gasteiger partial charge in [0, 0.05) is 0 Å². The van der Waals surface area contributed by atoms with Crippen LogP contribution in [-0.4, -0.2) is 18.2 Å². The Morgan fingerprint density at radius 2 is 2.00 bits per heavy atom. The summed E-state index contributed by atoms with van der Waals surface area (Å²) in [5, 5.41) is 0. The van der Waals surface area contributed by atoms with Crippen molar-refractivity contribution in [2.45, 2.75) is 52.2 Å². The summed E-state index contributed by atoms with van der Waals surface area (Å²) in [5.74, 6) is 0. The van der Waals surface area contributed by atoms with Crippen molar-refractivity contribution < 1.29 is 4.74 Å². The number of nitrogens with two attached hydrogens (primary N) is 1. The van der Waals surface area contributed by atoms with E-state index in [0.29, 0.717) is 6.54 Å².